The highest BCUT2D eigenvalue weighted by molar-refractivity contribution is 6.39. The van der Waals surface area contributed by atoms with Crippen LogP contribution in [0.4, 0.5) is 5.69 Å². The van der Waals surface area contributed by atoms with Crippen LogP contribution >= 0.6 is 0 Å². The van der Waals surface area contributed by atoms with Gasteiger partial charge in [0.25, 0.3) is 0 Å². The molecule has 0 saturated heterocycles. The van der Waals surface area contributed by atoms with Crippen molar-refractivity contribution in [3.05, 3.63) is 60.2 Å². The van der Waals surface area contributed by atoms with Gasteiger partial charge in [0, 0.05) is 11.2 Å². The molecular formula is C19H22N2O3. The summed E-state index contributed by atoms with van der Waals surface area (Å²) in [5, 5.41) is 5.34. The van der Waals surface area contributed by atoms with E-state index in [9.17, 15) is 9.59 Å². The van der Waals surface area contributed by atoms with Crippen molar-refractivity contribution in [1.29, 1.82) is 0 Å². The van der Waals surface area contributed by atoms with E-state index < -0.39 is 17.4 Å². The number of nitrogens with one attached hydrogen (secondary N) is 2. The maximum atomic E-state index is 12.2. The summed E-state index contributed by atoms with van der Waals surface area (Å²) in [6.45, 7) is 3.74. The van der Waals surface area contributed by atoms with Gasteiger partial charge in [0.05, 0.1) is 7.11 Å². The van der Waals surface area contributed by atoms with Crippen LogP contribution in [-0.4, -0.2) is 24.5 Å². The van der Waals surface area contributed by atoms with Crippen molar-refractivity contribution >= 4 is 17.5 Å². The molecule has 0 atom stereocenters. The molecule has 0 unspecified atom stereocenters. The van der Waals surface area contributed by atoms with Gasteiger partial charge < -0.3 is 15.4 Å². The van der Waals surface area contributed by atoms with Gasteiger partial charge in [-0.1, -0.05) is 36.4 Å². The first-order valence-electron chi connectivity index (χ1n) is 7.72. The number of methoxy groups -OCH3 is 1. The maximum Gasteiger partial charge on any atom is 0.313 e. The summed E-state index contributed by atoms with van der Waals surface area (Å²) in [7, 11) is 1.61. The summed E-state index contributed by atoms with van der Waals surface area (Å²) in [4.78, 5) is 24.2. The number of carbonyl (C=O) groups is 2. The molecule has 2 N–H and O–H groups in total. The lowest BCUT2D eigenvalue weighted by molar-refractivity contribution is -0.137. The van der Waals surface area contributed by atoms with Crippen LogP contribution in [0.1, 0.15) is 19.4 Å². The highest BCUT2D eigenvalue weighted by atomic mass is 16.5. The number of para-hydroxylation sites is 2. The lowest BCUT2D eigenvalue weighted by Gasteiger charge is -2.26. The van der Waals surface area contributed by atoms with Crippen molar-refractivity contribution < 1.29 is 14.3 Å². The fourth-order valence-electron chi connectivity index (χ4n) is 2.44. The van der Waals surface area contributed by atoms with E-state index in [1.54, 1.807) is 31.4 Å². The van der Waals surface area contributed by atoms with Crippen molar-refractivity contribution in [2.24, 2.45) is 0 Å². The van der Waals surface area contributed by atoms with E-state index in [0.29, 0.717) is 12.1 Å². The first-order chi connectivity index (χ1) is 11.4. The minimum Gasteiger partial charge on any atom is -0.496 e. The normalized spacial score (nSPS) is 10.8. The van der Waals surface area contributed by atoms with E-state index in [0.717, 1.165) is 11.3 Å². The van der Waals surface area contributed by atoms with E-state index in [2.05, 4.69) is 10.6 Å². The largest absolute Gasteiger partial charge is 0.496 e. The van der Waals surface area contributed by atoms with Gasteiger partial charge in [-0.05, 0) is 44.0 Å². The molecule has 0 aliphatic heterocycles. The zero-order chi connectivity index (χ0) is 17.6. The average molecular weight is 326 g/mol. The zero-order valence-corrected chi connectivity index (χ0v) is 14.1. The van der Waals surface area contributed by atoms with Crippen molar-refractivity contribution in [3.63, 3.8) is 0 Å². The van der Waals surface area contributed by atoms with E-state index in [1.807, 2.05) is 44.2 Å². The Bertz CT molecular complexity index is 712. The zero-order valence-electron chi connectivity index (χ0n) is 14.1. The molecule has 0 heterocycles. The van der Waals surface area contributed by atoms with Crippen LogP contribution < -0.4 is 15.4 Å². The lowest BCUT2D eigenvalue weighted by atomic mass is 9.94. The van der Waals surface area contributed by atoms with Crippen LogP contribution in [0.3, 0.4) is 0 Å². The van der Waals surface area contributed by atoms with Crippen molar-refractivity contribution in [1.82, 2.24) is 5.32 Å². The van der Waals surface area contributed by atoms with Crippen LogP contribution in [-0.2, 0) is 16.0 Å². The molecule has 2 aromatic carbocycles. The molecule has 0 aliphatic rings. The van der Waals surface area contributed by atoms with E-state index >= 15 is 0 Å². The number of hydrogen-bond donors (Lipinski definition) is 2. The Kier molecular flexibility index (Phi) is 5.58. The Morgan fingerprint density at radius 3 is 2.25 bits per heavy atom. The summed E-state index contributed by atoms with van der Waals surface area (Å²) in [6, 6.07) is 16.5. The van der Waals surface area contributed by atoms with Gasteiger partial charge in [0.1, 0.15) is 5.75 Å². The molecule has 24 heavy (non-hydrogen) atoms. The van der Waals surface area contributed by atoms with Crippen molar-refractivity contribution in [2.45, 2.75) is 25.8 Å². The van der Waals surface area contributed by atoms with Crippen molar-refractivity contribution in [2.75, 3.05) is 12.4 Å². The number of benzene rings is 2. The lowest BCUT2D eigenvalue weighted by Crippen LogP contribution is -2.49. The molecule has 2 aromatic rings. The predicted molar refractivity (Wildman–Crippen MR) is 94.0 cm³/mol. The molecule has 0 radical (unpaired) electrons. The molecule has 0 saturated carbocycles. The van der Waals surface area contributed by atoms with Gasteiger partial charge in [0.15, 0.2) is 0 Å². The maximum absolute atomic E-state index is 12.2. The second kappa shape index (κ2) is 7.64. The third-order valence-electron chi connectivity index (χ3n) is 3.51. The smallest absolute Gasteiger partial charge is 0.313 e. The molecule has 5 heteroatoms. The van der Waals surface area contributed by atoms with Crippen LogP contribution in [0.15, 0.2) is 54.6 Å². The Labute approximate surface area is 142 Å². The minimum atomic E-state index is -0.686. The first kappa shape index (κ1) is 17.5. The number of carbonyl (C=O) groups excluding carboxylic acids is 2. The molecule has 5 nitrogen and oxygen atoms in total. The van der Waals surface area contributed by atoms with E-state index in [-0.39, 0.29) is 0 Å². The monoisotopic (exact) mass is 326 g/mol. The van der Waals surface area contributed by atoms with E-state index in [4.69, 9.17) is 4.74 Å². The SMILES string of the molecule is COc1ccccc1CC(C)(C)NC(=O)C(=O)Nc1ccccc1. The summed E-state index contributed by atoms with van der Waals surface area (Å²) in [5.74, 6) is -0.596. The summed E-state index contributed by atoms with van der Waals surface area (Å²) in [5.41, 5.74) is 0.952. The summed E-state index contributed by atoms with van der Waals surface area (Å²) < 4.78 is 5.33. The van der Waals surface area contributed by atoms with Gasteiger partial charge in [-0.2, -0.15) is 0 Å². The highest BCUT2D eigenvalue weighted by Gasteiger charge is 2.26. The Balaban J connectivity index is 2.00. The molecular weight excluding hydrogens is 304 g/mol. The third kappa shape index (κ3) is 4.84. The topological polar surface area (TPSA) is 67.4 Å². The van der Waals surface area contributed by atoms with Crippen LogP contribution in [0.25, 0.3) is 0 Å². The summed E-state index contributed by atoms with van der Waals surface area (Å²) >= 11 is 0. The third-order valence-corrected chi connectivity index (χ3v) is 3.51. The molecule has 0 bridgehead atoms. The molecule has 126 valence electrons. The van der Waals surface area contributed by atoms with Gasteiger partial charge >= 0.3 is 11.8 Å². The number of anilines is 1. The minimum absolute atomic E-state index is 0.543. The molecule has 2 amide bonds. The predicted octanol–water partition coefficient (Wildman–Crippen LogP) is 2.77. The Morgan fingerprint density at radius 1 is 0.958 bits per heavy atom. The first-order valence-corrected chi connectivity index (χ1v) is 7.72. The van der Waals surface area contributed by atoms with Crippen molar-refractivity contribution in [3.8, 4) is 5.75 Å². The Hall–Kier alpha value is -2.82. The molecule has 0 aliphatic carbocycles. The number of ether oxygens (including phenoxy) is 1. The van der Waals surface area contributed by atoms with Gasteiger partial charge in [-0.3, -0.25) is 9.59 Å². The van der Waals surface area contributed by atoms with Gasteiger partial charge in [-0.25, -0.2) is 0 Å². The number of amides is 2. The second-order valence-electron chi connectivity index (χ2n) is 6.15. The molecule has 0 spiro atoms. The molecule has 0 aromatic heterocycles. The van der Waals surface area contributed by atoms with Gasteiger partial charge in [-0.15, -0.1) is 0 Å². The van der Waals surface area contributed by atoms with Crippen LogP contribution in [0, 0.1) is 0 Å². The molecule has 0 fully saturated rings. The fraction of sp³-hybridized carbons (Fsp3) is 0.263. The number of rotatable bonds is 5. The second-order valence-corrected chi connectivity index (χ2v) is 6.15. The summed E-state index contributed by atoms with van der Waals surface area (Å²) in [6.07, 6.45) is 0.543. The van der Waals surface area contributed by atoms with E-state index in [1.165, 1.54) is 0 Å². The Morgan fingerprint density at radius 2 is 1.58 bits per heavy atom. The van der Waals surface area contributed by atoms with Gasteiger partial charge in [0.2, 0.25) is 0 Å². The quantitative estimate of drug-likeness (QED) is 0.830. The average Bonchev–Trinajstić information content (AvgIpc) is 2.55. The molecule has 2 rings (SSSR count). The van der Waals surface area contributed by atoms with Crippen LogP contribution in [0.2, 0.25) is 0 Å². The standard InChI is InChI=1S/C19H22N2O3/c1-19(2,13-14-9-7-8-12-16(14)24-3)21-18(23)17(22)20-15-10-5-4-6-11-15/h4-12H,13H2,1-3H3,(H,20,22)(H,21,23). The number of hydrogen-bond acceptors (Lipinski definition) is 3. The fourth-order valence-corrected chi connectivity index (χ4v) is 2.44. The highest BCUT2D eigenvalue weighted by Crippen LogP contribution is 2.22. The van der Waals surface area contributed by atoms with Crippen LogP contribution in [0.5, 0.6) is 5.75 Å².